The first kappa shape index (κ1) is 12.9. The molecule has 2 rings (SSSR count). The number of nitrogens with one attached hydrogen (secondary N) is 2. The molecule has 1 aromatic rings. The zero-order valence-corrected chi connectivity index (χ0v) is 11.5. The summed E-state index contributed by atoms with van der Waals surface area (Å²) < 4.78 is 0. The van der Waals surface area contributed by atoms with Crippen LogP contribution in [0.3, 0.4) is 0 Å². The van der Waals surface area contributed by atoms with Gasteiger partial charge in [0.15, 0.2) is 5.15 Å². The summed E-state index contributed by atoms with van der Waals surface area (Å²) in [6, 6.07) is 0. The van der Waals surface area contributed by atoms with Gasteiger partial charge in [-0.1, -0.05) is 24.9 Å². The fourth-order valence-corrected chi connectivity index (χ4v) is 2.42. The minimum absolute atomic E-state index is 0.317. The first-order valence-electron chi connectivity index (χ1n) is 6.61. The van der Waals surface area contributed by atoms with Gasteiger partial charge in [0.1, 0.15) is 5.82 Å². The van der Waals surface area contributed by atoms with Crippen LogP contribution in [-0.2, 0) is 13.0 Å². The molecule has 1 heterocycles. The predicted octanol–water partition coefficient (Wildman–Crippen LogP) is 3.44. The second kappa shape index (κ2) is 5.40. The maximum Gasteiger partial charge on any atom is 0.151 e. The molecule has 3 nitrogen and oxygen atoms in total. The lowest BCUT2D eigenvalue weighted by molar-refractivity contribution is 0.206. The van der Waals surface area contributed by atoms with E-state index in [1.807, 2.05) is 0 Å². The van der Waals surface area contributed by atoms with Gasteiger partial charge in [-0.05, 0) is 32.6 Å². The van der Waals surface area contributed by atoms with E-state index in [-0.39, 0.29) is 0 Å². The summed E-state index contributed by atoms with van der Waals surface area (Å²) in [5.41, 5.74) is 1.35. The number of aryl methyl sites for hydroxylation is 1. The molecular formula is C13H22ClN3. The highest BCUT2D eigenvalue weighted by Crippen LogP contribution is 2.31. The molecular weight excluding hydrogens is 234 g/mol. The van der Waals surface area contributed by atoms with E-state index in [1.165, 1.54) is 25.7 Å². The Bertz CT molecular complexity index is 369. The Labute approximate surface area is 108 Å². The van der Waals surface area contributed by atoms with Gasteiger partial charge in [0.25, 0.3) is 0 Å². The minimum Gasteiger partial charge on any atom is -0.344 e. The Balaban J connectivity index is 1.89. The van der Waals surface area contributed by atoms with Crippen molar-refractivity contribution in [1.82, 2.24) is 15.3 Å². The smallest absolute Gasteiger partial charge is 0.151 e. The van der Waals surface area contributed by atoms with Crippen molar-refractivity contribution in [2.75, 3.05) is 0 Å². The van der Waals surface area contributed by atoms with Crippen LogP contribution in [0.1, 0.15) is 57.5 Å². The van der Waals surface area contributed by atoms with Gasteiger partial charge in [0.05, 0.1) is 5.69 Å². The van der Waals surface area contributed by atoms with Crippen LogP contribution in [0.25, 0.3) is 0 Å². The molecule has 1 aliphatic carbocycles. The van der Waals surface area contributed by atoms with Gasteiger partial charge < -0.3 is 10.3 Å². The van der Waals surface area contributed by atoms with Gasteiger partial charge >= 0.3 is 0 Å². The molecule has 0 bridgehead atoms. The predicted molar refractivity (Wildman–Crippen MR) is 71.3 cm³/mol. The second-order valence-electron chi connectivity index (χ2n) is 5.32. The minimum atomic E-state index is 0.317. The van der Waals surface area contributed by atoms with Crippen LogP contribution in [0.4, 0.5) is 0 Å². The number of imidazole rings is 1. The summed E-state index contributed by atoms with van der Waals surface area (Å²) in [7, 11) is 0. The van der Waals surface area contributed by atoms with Crippen LogP contribution in [-0.4, -0.2) is 15.5 Å². The van der Waals surface area contributed by atoms with Gasteiger partial charge in [-0.25, -0.2) is 4.98 Å². The Morgan fingerprint density at radius 1 is 1.47 bits per heavy atom. The number of rotatable bonds is 6. The number of H-pyrrole nitrogens is 1. The van der Waals surface area contributed by atoms with Crippen LogP contribution in [0.5, 0.6) is 0 Å². The van der Waals surface area contributed by atoms with Crippen molar-refractivity contribution in [3.63, 3.8) is 0 Å². The molecule has 2 N–H and O–H groups in total. The van der Waals surface area contributed by atoms with Gasteiger partial charge in [0, 0.05) is 18.5 Å². The Hall–Kier alpha value is -0.540. The number of aromatic amines is 1. The summed E-state index contributed by atoms with van der Waals surface area (Å²) in [4.78, 5) is 7.69. The number of unbranched alkanes of at least 4 members (excludes halogenated alkanes) is 1. The van der Waals surface area contributed by atoms with Crippen LogP contribution >= 0.6 is 11.6 Å². The van der Waals surface area contributed by atoms with E-state index < -0.39 is 0 Å². The van der Waals surface area contributed by atoms with E-state index in [2.05, 4.69) is 29.1 Å². The lowest BCUT2D eigenvalue weighted by Gasteiger charge is -2.39. The fourth-order valence-electron chi connectivity index (χ4n) is 2.21. The van der Waals surface area contributed by atoms with Crippen molar-refractivity contribution in [2.45, 2.75) is 64.5 Å². The van der Waals surface area contributed by atoms with E-state index in [0.29, 0.717) is 10.7 Å². The summed E-state index contributed by atoms with van der Waals surface area (Å²) >= 11 is 6.13. The van der Waals surface area contributed by atoms with Crippen molar-refractivity contribution >= 4 is 11.6 Å². The molecule has 0 amide bonds. The molecule has 0 aromatic carbocycles. The maximum absolute atomic E-state index is 6.13. The van der Waals surface area contributed by atoms with Crippen molar-refractivity contribution in [3.05, 3.63) is 16.7 Å². The largest absolute Gasteiger partial charge is 0.344 e. The molecule has 17 heavy (non-hydrogen) atoms. The zero-order valence-electron chi connectivity index (χ0n) is 10.8. The van der Waals surface area contributed by atoms with Crippen molar-refractivity contribution in [3.8, 4) is 0 Å². The van der Waals surface area contributed by atoms with Gasteiger partial charge in [-0.2, -0.15) is 0 Å². The van der Waals surface area contributed by atoms with Crippen LogP contribution < -0.4 is 5.32 Å². The molecule has 0 radical (unpaired) electrons. The number of halogens is 1. The summed E-state index contributed by atoms with van der Waals surface area (Å²) in [6.45, 7) is 5.26. The topological polar surface area (TPSA) is 40.7 Å². The molecule has 1 fully saturated rings. The molecule has 96 valence electrons. The second-order valence-corrected chi connectivity index (χ2v) is 5.68. The normalized spacial score (nSPS) is 18.1. The van der Waals surface area contributed by atoms with Crippen LogP contribution in [0, 0.1) is 0 Å². The third-order valence-electron chi connectivity index (χ3n) is 3.69. The van der Waals surface area contributed by atoms with Crippen LogP contribution in [0.15, 0.2) is 0 Å². The number of hydrogen-bond acceptors (Lipinski definition) is 2. The Kier molecular flexibility index (Phi) is 4.10. The number of aromatic nitrogens is 2. The van der Waals surface area contributed by atoms with E-state index >= 15 is 0 Å². The molecule has 1 aromatic heterocycles. The zero-order chi connectivity index (χ0) is 12.3. The molecule has 0 atom stereocenters. The quantitative estimate of drug-likeness (QED) is 0.818. The van der Waals surface area contributed by atoms with E-state index in [1.54, 1.807) is 0 Å². The van der Waals surface area contributed by atoms with E-state index in [4.69, 9.17) is 11.6 Å². The Morgan fingerprint density at radius 3 is 2.82 bits per heavy atom. The highest BCUT2D eigenvalue weighted by atomic mass is 35.5. The first-order valence-corrected chi connectivity index (χ1v) is 6.99. The van der Waals surface area contributed by atoms with Gasteiger partial charge in [-0.3, -0.25) is 0 Å². The average molecular weight is 256 g/mol. The first-order chi connectivity index (χ1) is 8.13. The highest BCUT2D eigenvalue weighted by Gasteiger charge is 2.31. The lowest BCUT2D eigenvalue weighted by Crippen LogP contribution is -2.47. The molecule has 0 saturated heterocycles. The van der Waals surface area contributed by atoms with E-state index in [9.17, 15) is 0 Å². The summed E-state index contributed by atoms with van der Waals surface area (Å²) in [6.07, 6.45) is 7.21. The van der Waals surface area contributed by atoms with Crippen molar-refractivity contribution in [2.24, 2.45) is 0 Å². The summed E-state index contributed by atoms with van der Waals surface area (Å²) in [5.74, 6) is 1.02. The Morgan fingerprint density at radius 2 is 2.24 bits per heavy atom. The summed E-state index contributed by atoms with van der Waals surface area (Å²) in [5, 5.41) is 4.20. The molecule has 4 heteroatoms. The fraction of sp³-hybridized carbons (Fsp3) is 0.769. The maximum atomic E-state index is 6.13. The SMILES string of the molecule is CCCCc1nc(Cl)c(CNC2(C)CCC2)[nH]1. The number of nitrogens with zero attached hydrogens (tertiary/aromatic N) is 1. The monoisotopic (exact) mass is 255 g/mol. The van der Waals surface area contributed by atoms with E-state index in [0.717, 1.165) is 30.9 Å². The lowest BCUT2D eigenvalue weighted by atomic mass is 9.78. The standard InChI is InChI=1S/C13H22ClN3/c1-3-4-6-11-16-10(12(14)17-11)9-15-13(2)7-5-8-13/h15H,3-9H2,1-2H3,(H,16,17). The van der Waals surface area contributed by atoms with Crippen molar-refractivity contribution in [1.29, 1.82) is 0 Å². The van der Waals surface area contributed by atoms with Gasteiger partial charge in [0.2, 0.25) is 0 Å². The van der Waals surface area contributed by atoms with Crippen molar-refractivity contribution < 1.29 is 0 Å². The highest BCUT2D eigenvalue weighted by molar-refractivity contribution is 6.30. The molecule has 0 spiro atoms. The molecule has 0 unspecified atom stereocenters. The number of hydrogen-bond donors (Lipinski definition) is 2. The average Bonchev–Trinajstić information content (AvgIpc) is 2.62. The third-order valence-corrected chi connectivity index (χ3v) is 4.01. The molecule has 1 saturated carbocycles. The van der Waals surface area contributed by atoms with Crippen LogP contribution in [0.2, 0.25) is 5.15 Å². The molecule has 0 aliphatic heterocycles. The third kappa shape index (κ3) is 3.23. The van der Waals surface area contributed by atoms with Gasteiger partial charge in [-0.15, -0.1) is 0 Å². The molecule has 1 aliphatic rings.